The SMILES string of the molecule is CN[C@@H]1CCN(c2ccc(-n3ccc(OCc4ccccc4)cc3=O)cn2)C1.Cl.Cl. The van der Waals surface area contributed by atoms with E-state index in [0.29, 0.717) is 18.4 Å². The zero-order valence-corrected chi connectivity index (χ0v) is 18.4. The van der Waals surface area contributed by atoms with Crippen LogP contribution >= 0.6 is 24.8 Å². The number of rotatable bonds is 6. The maximum absolute atomic E-state index is 12.5. The Morgan fingerprint density at radius 3 is 2.57 bits per heavy atom. The number of hydrogen-bond donors (Lipinski definition) is 1. The molecule has 0 aliphatic carbocycles. The summed E-state index contributed by atoms with van der Waals surface area (Å²) in [6.45, 7) is 2.38. The molecule has 0 bridgehead atoms. The van der Waals surface area contributed by atoms with E-state index in [9.17, 15) is 4.79 Å². The van der Waals surface area contributed by atoms with E-state index >= 15 is 0 Å². The van der Waals surface area contributed by atoms with Gasteiger partial charge in [0.1, 0.15) is 18.2 Å². The van der Waals surface area contributed by atoms with E-state index in [1.807, 2.05) is 49.5 Å². The lowest BCUT2D eigenvalue weighted by Gasteiger charge is -2.17. The molecular formula is C22H26Cl2N4O2. The Morgan fingerprint density at radius 1 is 1.13 bits per heavy atom. The number of ether oxygens (including phenoxy) is 1. The van der Waals surface area contributed by atoms with E-state index in [4.69, 9.17) is 4.74 Å². The van der Waals surface area contributed by atoms with Crippen LogP contribution in [0.15, 0.2) is 71.8 Å². The number of benzene rings is 1. The highest BCUT2D eigenvalue weighted by atomic mass is 35.5. The molecular weight excluding hydrogens is 423 g/mol. The third kappa shape index (κ3) is 5.53. The van der Waals surface area contributed by atoms with Gasteiger partial charge in [-0.1, -0.05) is 30.3 Å². The lowest BCUT2D eigenvalue weighted by Crippen LogP contribution is -2.29. The third-order valence-corrected chi connectivity index (χ3v) is 5.07. The van der Waals surface area contributed by atoms with E-state index in [1.54, 1.807) is 23.0 Å². The molecule has 0 amide bonds. The van der Waals surface area contributed by atoms with Gasteiger partial charge in [0.25, 0.3) is 5.56 Å². The van der Waals surface area contributed by atoms with Crippen molar-refractivity contribution in [2.75, 3.05) is 25.0 Å². The molecule has 2 aromatic heterocycles. The number of anilines is 1. The van der Waals surface area contributed by atoms with Gasteiger partial charge in [-0.15, -0.1) is 24.8 Å². The van der Waals surface area contributed by atoms with Gasteiger partial charge in [0.2, 0.25) is 0 Å². The monoisotopic (exact) mass is 448 g/mol. The van der Waals surface area contributed by atoms with Crippen LogP contribution < -0.4 is 20.5 Å². The van der Waals surface area contributed by atoms with Crippen LogP contribution in [0.25, 0.3) is 5.69 Å². The highest BCUT2D eigenvalue weighted by Crippen LogP contribution is 2.19. The fourth-order valence-electron chi connectivity index (χ4n) is 3.42. The largest absolute Gasteiger partial charge is 0.489 e. The summed E-state index contributed by atoms with van der Waals surface area (Å²) in [6.07, 6.45) is 4.59. The van der Waals surface area contributed by atoms with Crippen molar-refractivity contribution in [1.82, 2.24) is 14.9 Å². The molecule has 8 heteroatoms. The maximum Gasteiger partial charge on any atom is 0.258 e. The average Bonchev–Trinajstić information content (AvgIpc) is 3.23. The molecule has 1 fully saturated rings. The Labute approximate surface area is 188 Å². The number of hydrogen-bond acceptors (Lipinski definition) is 5. The first-order chi connectivity index (χ1) is 13.7. The second kappa shape index (κ2) is 11.0. The summed E-state index contributed by atoms with van der Waals surface area (Å²) in [5, 5.41) is 3.31. The molecule has 1 aliphatic heterocycles. The van der Waals surface area contributed by atoms with E-state index in [2.05, 4.69) is 15.2 Å². The molecule has 30 heavy (non-hydrogen) atoms. The molecule has 1 saturated heterocycles. The Balaban J connectivity index is 0.00000160. The minimum absolute atomic E-state index is 0. The highest BCUT2D eigenvalue weighted by Gasteiger charge is 2.21. The Kier molecular flexibility index (Phi) is 8.72. The van der Waals surface area contributed by atoms with Crippen molar-refractivity contribution >= 4 is 30.6 Å². The molecule has 4 rings (SSSR count). The van der Waals surface area contributed by atoms with Gasteiger partial charge in [-0.3, -0.25) is 9.36 Å². The summed E-state index contributed by atoms with van der Waals surface area (Å²) >= 11 is 0. The molecule has 0 radical (unpaired) electrons. The predicted molar refractivity (Wildman–Crippen MR) is 125 cm³/mol. The quantitative estimate of drug-likeness (QED) is 0.625. The first kappa shape index (κ1) is 23.7. The smallest absolute Gasteiger partial charge is 0.258 e. The van der Waals surface area contributed by atoms with Crippen molar-refractivity contribution in [1.29, 1.82) is 0 Å². The fraction of sp³-hybridized carbons (Fsp3) is 0.273. The third-order valence-electron chi connectivity index (χ3n) is 5.07. The summed E-state index contributed by atoms with van der Waals surface area (Å²) < 4.78 is 7.31. The van der Waals surface area contributed by atoms with Crippen molar-refractivity contribution in [3.63, 3.8) is 0 Å². The standard InChI is InChI=1S/C22H24N4O2.2ClH/c1-23-18-9-11-25(15-18)21-8-7-19(14-24-21)26-12-10-20(13-22(26)27)28-16-17-5-3-2-4-6-17;;/h2-8,10,12-14,18,23H,9,11,15-16H2,1H3;2*1H/t18-;;/m1../s1. The van der Waals surface area contributed by atoms with E-state index < -0.39 is 0 Å². The first-order valence-electron chi connectivity index (χ1n) is 9.51. The van der Waals surface area contributed by atoms with Crippen LogP contribution in [0.2, 0.25) is 0 Å². The number of nitrogens with zero attached hydrogens (tertiary/aromatic N) is 3. The Hall–Kier alpha value is -2.54. The number of likely N-dealkylation sites (N-methyl/N-ethyl adjacent to an activating group) is 1. The van der Waals surface area contributed by atoms with Crippen LogP contribution in [0, 0.1) is 0 Å². The summed E-state index contributed by atoms with van der Waals surface area (Å²) in [4.78, 5) is 19.3. The van der Waals surface area contributed by atoms with Crippen LogP contribution in [0.1, 0.15) is 12.0 Å². The second-order valence-corrected chi connectivity index (χ2v) is 6.94. The zero-order valence-electron chi connectivity index (χ0n) is 16.7. The predicted octanol–water partition coefficient (Wildman–Crippen LogP) is 3.45. The fourth-order valence-corrected chi connectivity index (χ4v) is 3.42. The van der Waals surface area contributed by atoms with Crippen LogP contribution in [-0.2, 0) is 6.61 Å². The lowest BCUT2D eigenvalue weighted by molar-refractivity contribution is 0.305. The van der Waals surface area contributed by atoms with Gasteiger partial charge in [0.05, 0.1) is 11.9 Å². The summed E-state index contributed by atoms with van der Waals surface area (Å²) in [5.41, 5.74) is 1.66. The molecule has 0 saturated carbocycles. The number of halogens is 2. The molecule has 6 nitrogen and oxygen atoms in total. The Morgan fingerprint density at radius 2 is 1.93 bits per heavy atom. The van der Waals surface area contributed by atoms with Gasteiger partial charge in [0, 0.05) is 31.4 Å². The van der Waals surface area contributed by atoms with Crippen LogP contribution in [0.5, 0.6) is 5.75 Å². The Bertz CT molecular complexity index is 980. The van der Waals surface area contributed by atoms with Crippen molar-refractivity contribution in [3.8, 4) is 11.4 Å². The molecule has 1 aromatic carbocycles. The van der Waals surface area contributed by atoms with Crippen molar-refractivity contribution in [2.45, 2.75) is 19.1 Å². The summed E-state index contributed by atoms with van der Waals surface area (Å²) in [6, 6.07) is 17.6. The van der Waals surface area contributed by atoms with Gasteiger partial charge in [0.15, 0.2) is 0 Å². The van der Waals surface area contributed by atoms with Gasteiger partial charge in [-0.2, -0.15) is 0 Å². The van der Waals surface area contributed by atoms with Crippen molar-refractivity contribution in [3.05, 3.63) is 82.9 Å². The van der Waals surface area contributed by atoms with Crippen LogP contribution in [0.3, 0.4) is 0 Å². The van der Waals surface area contributed by atoms with E-state index in [1.165, 1.54) is 6.07 Å². The minimum Gasteiger partial charge on any atom is -0.489 e. The van der Waals surface area contributed by atoms with Crippen molar-refractivity contribution in [2.24, 2.45) is 0 Å². The summed E-state index contributed by atoms with van der Waals surface area (Å²) in [5.74, 6) is 1.50. The van der Waals surface area contributed by atoms with Crippen LogP contribution in [0.4, 0.5) is 5.82 Å². The lowest BCUT2D eigenvalue weighted by atomic mass is 10.2. The highest BCUT2D eigenvalue weighted by molar-refractivity contribution is 5.85. The topological polar surface area (TPSA) is 59.4 Å². The van der Waals surface area contributed by atoms with Gasteiger partial charge in [-0.25, -0.2) is 4.98 Å². The number of pyridine rings is 2. The first-order valence-corrected chi connectivity index (χ1v) is 9.51. The van der Waals surface area contributed by atoms with Gasteiger partial charge >= 0.3 is 0 Å². The molecule has 0 spiro atoms. The van der Waals surface area contributed by atoms with Gasteiger partial charge < -0.3 is 15.0 Å². The molecule has 1 aliphatic rings. The normalized spacial score (nSPS) is 15.2. The molecule has 3 aromatic rings. The van der Waals surface area contributed by atoms with E-state index in [-0.39, 0.29) is 30.4 Å². The number of aromatic nitrogens is 2. The molecule has 160 valence electrons. The van der Waals surface area contributed by atoms with Crippen molar-refractivity contribution < 1.29 is 4.74 Å². The molecule has 3 heterocycles. The van der Waals surface area contributed by atoms with E-state index in [0.717, 1.165) is 36.6 Å². The molecule has 1 atom stereocenters. The molecule has 0 unspecified atom stereocenters. The number of nitrogens with one attached hydrogen (secondary N) is 1. The van der Waals surface area contributed by atoms with Crippen LogP contribution in [-0.4, -0.2) is 35.7 Å². The molecule has 1 N–H and O–H groups in total. The second-order valence-electron chi connectivity index (χ2n) is 6.94. The maximum atomic E-state index is 12.5. The average molecular weight is 449 g/mol. The van der Waals surface area contributed by atoms with Gasteiger partial charge in [-0.05, 0) is 37.2 Å². The zero-order chi connectivity index (χ0) is 19.3. The minimum atomic E-state index is -0.142. The summed E-state index contributed by atoms with van der Waals surface area (Å²) in [7, 11) is 1.99.